The van der Waals surface area contributed by atoms with Crippen molar-refractivity contribution >= 4 is 23.3 Å². The lowest BCUT2D eigenvalue weighted by Gasteiger charge is -1.97. The zero-order chi connectivity index (χ0) is 16.9. The average Bonchev–Trinajstić information content (AvgIpc) is 3.04. The fourth-order valence-electron chi connectivity index (χ4n) is 2.12. The Labute approximate surface area is 143 Å². The first-order valence-electron chi connectivity index (χ1n) is 7.17. The molecule has 0 aliphatic carbocycles. The highest BCUT2D eigenvalue weighted by molar-refractivity contribution is 6.30. The molecule has 0 aliphatic heterocycles. The second kappa shape index (κ2) is 7.10. The molecule has 3 aromatic rings. The number of carbonyl (C=O) groups is 1. The molecule has 3 rings (SSSR count). The van der Waals surface area contributed by atoms with E-state index in [1.807, 2.05) is 30.3 Å². The number of benzene rings is 2. The van der Waals surface area contributed by atoms with Gasteiger partial charge in [-0.25, -0.2) is 4.79 Å². The van der Waals surface area contributed by atoms with E-state index >= 15 is 0 Å². The molecule has 0 fully saturated rings. The van der Waals surface area contributed by atoms with Crippen LogP contribution in [0.5, 0.6) is 0 Å². The number of halogens is 1. The minimum Gasteiger partial charge on any atom is -0.478 e. The third kappa shape index (κ3) is 3.88. The molecule has 1 N–H and O–H groups in total. The molecule has 0 amide bonds. The Morgan fingerprint density at radius 3 is 2.58 bits per heavy atom. The predicted octanol–water partition coefficient (Wildman–Crippen LogP) is 5.58. The molecule has 120 valence electrons. The van der Waals surface area contributed by atoms with Gasteiger partial charge in [0.1, 0.15) is 18.1 Å². The summed E-state index contributed by atoms with van der Waals surface area (Å²) in [4.78, 5) is 10.8. The van der Waals surface area contributed by atoms with Crippen molar-refractivity contribution in [1.82, 2.24) is 0 Å². The number of nitrogens with zero attached hydrogens (tertiary/aromatic N) is 2. The van der Waals surface area contributed by atoms with Crippen LogP contribution in [0, 0.1) is 0 Å². The van der Waals surface area contributed by atoms with E-state index in [0.717, 1.165) is 5.56 Å². The van der Waals surface area contributed by atoms with E-state index in [9.17, 15) is 4.79 Å². The normalized spacial score (nSPS) is 11.0. The van der Waals surface area contributed by atoms with Gasteiger partial charge in [-0.2, -0.15) is 10.2 Å². The lowest BCUT2D eigenvalue weighted by Crippen LogP contribution is -1.93. The van der Waals surface area contributed by atoms with E-state index in [1.54, 1.807) is 18.2 Å². The van der Waals surface area contributed by atoms with E-state index in [-0.39, 0.29) is 5.56 Å². The highest BCUT2D eigenvalue weighted by Crippen LogP contribution is 2.25. The van der Waals surface area contributed by atoms with Crippen molar-refractivity contribution in [3.63, 3.8) is 0 Å². The molecule has 5 nitrogen and oxygen atoms in total. The Morgan fingerprint density at radius 1 is 1.08 bits per heavy atom. The topological polar surface area (TPSA) is 75.2 Å². The summed E-state index contributed by atoms with van der Waals surface area (Å²) in [5, 5.41) is 17.6. The maximum Gasteiger partial charge on any atom is 0.335 e. The van der Waals surface area contributed by atoms with Crippen LogP contribution in [0.3, 0.4) is 0 Å². The Balaban J connectivity index is 1.66. The summed E-state index contributed by atoms with van der Waals surface area (Å²) in [7, 11) is 0. The number of aromatic carboxylic acids is 1. The number of furan rings is 1. The fraction of sp³-hybridized carbons (Fsp3) is 0.0556. The minimum absolute atomic E-state index is 0.214. The molecule has 0 unspecified atom stereocenters. The van der Waals surface area contributed by atoms with Crippen molar-refractivity contribution in [2.24, 2.45) is 10.2 Å². The zero-order valence-electron chi connectivity index (χ0n) is 12.5. The Hall–Kier alpha value is -2.92. The van der Waals surface area contributed by atoms with Gasteiger partial charge in [0.2, 0.25) is 0 Å². The first-order valence-corrected chi connectivity index (χ1v) is 7.55. The molecule has 0 bridgehead atoms. The lowest BCUT2D eigenvalue weighted by molar-refractivity contribution is 0.0697. The van der Waals surface area contributed by atoms with Crippen LogP contribution in [0.1, 0.15) is 16.1 Å². The van der Waals surface area contributed by atoms with Gasteiger partial charge in [0, 0.05) is 10.6 Å². The fourth-order valence-corrected chi connectivity index (χ4v) is 2.31. The third-order valence-electron chi connectivity index (χ3n) is 3.30. The predicted molar refractivity (Wildman–Crippen MR) is 90.8 cm³/mol. The average molecular weight is 341 g/mol. The molecule has 0 saturated heterocycles. The minimum atomic E-state index is -0.970. The molecule has 24 heavy (non-hydrogen) atoms. The molecule has 0 saturated carbocycles. The molecule has 0 atom stereocenters. The van der Waals surface area contributed by atoms with E-state index in [0.29, 0.717) is 28.8 Å². The van der Waals surface area contributed by atoms with Crippen molar-refractivity contribution < 1.29 is 14.3 Å². The van der Waals surface area contributed by atoms with Crippen molar-refractivity contribution in [1.29, 1.82) is 0 Å². The number of hydrogen-bond acceptors (Lipinski definition) is 4. The maximum absolute atomic E-state index is 10.8. The van der Waals surface area contributed by atoms with Crippen LogP contribution in [0.25, 0.3) is 11.3 Å². The van der Waals surface area contributed by atoms with Crippen molar-refractivity contribution in [2.75, 3.05) is 0 Å². The SMILES string of the molecule is O=C(O)c1ccc(N=NCc2ccc(-c3cccc(Cl)c3)o2)cc1. The molecule has 0 radical (unpaired) electrons. The van der Waals surface area contributed by atoms with Crippen LogP contribution >= 0.6 is 11.6 Å². The van der Waals surface area contributed by atoms with Gasteiger partial charge in [0.25, 0.3) is 0 Å². The van der Waals surface area contributed by atoms with Gasteiger partial charge < -0.3 is 9.52 Å². The van der Waals surface area contributed by atoms with Crippen LogP contribution < -0.4 is 0 Å². The monoisotopic (exact) mass is 340 g/mol. The molecule has 0 spiro atoms. The second-order valence-corrected chi connectivity index (χ2v) is 5.46. The van der Waals surface area contributed by atoms with Gasteiger partial charge in [-0.15, -0.1) is 0 Å². The lowest BCUT2D eigenvalue weighted by atomic mass is 10.2. The molecular formula is C18H13ClN2O3. The number of hydrogen-bond donors (Lipinski definition) is 1. The van der Waals surface area contributed by atoms with Crippen LogP contribution in [-0.4, -0.2) is 11.1 Å². The Morgan fingerprint density at radius 2 is 1.88 bits per heavy atom. The van der Waals surface area contributed by atoms with Crippen molar-refractivity contribution in [3.05, 3.63) is 77.0 Å². The summed E-state index contributed by atoms with van der Waals surface area (Å²) in [6, 6.07) is 17.3. The summed E-state index contributed by atoms with van der Waals surface area (Å²) < 4.78 is 5.72. The van der Waals surface area contributed by atoms with Gasteiger partial charge in [-0.1, -0.05) is 23.7 Å². The van der Waals surface area contributed by atoms with Gasteiger partial charge in [-0.05, 0) is 48.5 Å². The number of rotatable bonds is 5. The summed E-state index contributed by atoms with van der Waals surface area (Å²) in [6.07, 6.45) is 0. The molecule has 0 aliphatic rings. The Bertz CT molecular complexity index is 885. The van der Waals surface area contributed by atoms with Crippen molar-refractivity contribution in [3.8, 4) is 11.3 Å². The molecule has 6 heteroatoms. The van der Waals surface area contributed by atoms with Crippen LogP contribution in [0.4, 0.5) is 5.69 Å². The van der Waals surface area contributed by atoms with Gasteiger partial charge in [-0.3, -0.25) is 0 Å². The first kappa shape index (κ1) is 16.0. The quantitative estimate of drug-likeness (QED) is 0.616. The first-order chi connectivity index (χ1) is 11.6. The van der Waals surface area contributed by atoms with Gasteiger partial charge in [0.15, 0.2) is 0 Å². The molecular weight excluding hydrogens is 328 g/mol. The summed E-state index contributed by atoms with van der Waals surface area (Å²) in [6.45, 7) is 0.293. The van der Waals surface area contributed by atoms with Gasteiger partial charge in [0.05, 0.1) is 11.3 Å². The van der Waals surface area contributed by atoms with E-state index < -0.39 is 5.97 Å². The second-order valence-electron chi connectivity index (χ2n) is 5.03. The standard InChI is InChI=1S/C18H13ClN2O3/c19-14-3-1-2-13(10-14)17-9-8-16(24-17)11-20-21-15-6-4-12(5-7-15)18(22)23/h1-10H,11H2,(H,22,23). The smallest absolute Gasteiger partial charge is 0.335 e. The largest absolute Gasteiger partial charge is 0.478 e. The van der Waals surface area contributed by atoms with E-state index in [4.69, 9.17) is 21.1 Å². The Kier molecular flexibility index (Phi) is 4.72. The molecule has 1 heterocycles. The summed E-state index contributed by atoms with van der Waals surface area (Å²) in [5.74, 6) is 0.423. The van der Waals surface area contributed by atoms with Crippen molar-refractivity contribution in [2.45, 2.75) is 6.54 Å². The van der Waals surface area contributed by atoms with Crippen LogP contribution in [0.2, 0.25) is 5.02 Å². The number of azo groups is 1. The van der Waals surface area contributed by atoms with Crippen LogP contribution in [0.15, 0.2) is 75.3 Å². The maximum atomic E-state index is 10.8. The highest BCUT2D eigenvalue weighted by atomic mass is 35.5. The summed E-state index contributed by atoms with van der Waals surface area (Å²) >= 11 is 5.97. The molecule has 1 aromatic heterocycles. The number of carboxylic acid groups (broad SMARTS) is 1. The van der Waals surface area contributed by atoms with E-state index in [2.05, 4.69) is 10.2 Å². The molecule has 2 aromatic carbocycles. The van der Waals surface area contributed by atoms with Gasteiger partial charge >= 0.3 is 5.97 Å². The van der Waals surface area contributed by atoms with E-state index in [1.165, 1.54) is 12.1 Å². The van der Waals surface area contributed by atoms with Crippen LogP contribution in [-0.2, 0) is 6.54 Å². The number of carboxylic acids is 1. The zero-order valence-corrected chi connectivity index (χ0v) is 13.3. The summed E-state index contributed by atoms with van der Waals surface area (Å²) in [5.41, 5.74) is 1.70. The third-order valence-corrected chi connectivity index (χ3v) is 3.53. The highest BCUT2D eigenvalue weighted by Gasteiger charge is 2.05.